The number of unbranched alkanes of at least 4 members (excludes halogenated alkanes) is 1. The van der Waals surface area contributed by atoms with Gasteiger partial charge in [-0.2, -0.15) is 0 Å². The first-order valence-corrected chi connectivity index (χ1v) is 5.27. The number of pyridine rings is 1. The van der Waals surface area contributed by atoms with Crippen LogP contribution in [0.25, 0.3) is 11.4 Å². The van der Waals surface area contributed by atoms with Crippen LogP contribution in [-0.2, 0) is 6.42 Å². The van der Waals surface area contributed by atoms with Crippen molar-refractivity contribution in [3.8, 4) is 11.4 Å². The van der Waals surface area contributed by atoms with Crippen molar-refractivity contribution in [2.75, 3.05) is 0 Å². The van der Waals surface area contributed by atoms with Gasteiger partial charge >= 0.3 is 0 Å². The van der Waals surface area contributed by atoms with Gasteiger partial charge in [0.2, 0.25) is 0 Å². The van der Waals surface area contributed by atoms with Crippen molar-refractivity contribution in [3.63, 3.8) is 0 Å². The molecule has 0 radical (unpaired) electrons. The number of aryl methyl sites for hydroxylation is 1. The van der Waals surface area contributed by atoms with Gasteiger partial charge in [0.05, 0.1) is 5.69 Å². The fourth-order valence-electron chi connectivity index (χ4n) is 1.42. The number of nitrogens with zero attached hydrogens (tertiary/aromatic N) is 2. The zero-order valence-electron chi connectivity index (χ0n) is 8.81. The van der Waals surface area contributed by atoms with Gasteiger partial charge < -0.3 is 4.52 Å². The predicted molar refractivity (Wildman–Crippen MR) is 58.3 cm³/mol. The Balaban J connectivity index is 2.14. The van der Waals surface area contributed by atoms with E-state index in [0.717, 1.165) is 30.0 Å². The second-order valence-corrected chi connectivity index (χ2v) is 3.50. The minimum Gasteiger partial charge on any atom is -0.361 e. The Morgan fingerprint density at radius 2 is 2.20 bits per heavy atom. The molecule has 0 aliphatic carbocycles. The third-order valence-corrected chi connectivity index (χ3v) is 2.26. The highest BCUT2D eigenvalue weighted by Gasteiger charge is 2.06. The first-order chi connectivity index (χ1) is 7.40. The topological polar surface area (TPSA) is 38.9 Å². The normalized spacial score (nSPS) is 10.5. The molecule has 2 aromatic heterocycles. The van der Waals surface area contributed by atoms with Gasteiger partial charge in [0.15, 0.2) is 0 Å². The number of rotatable bonds is 4. The van der Waals surface area contributed by atoms with Crippen LogP contribution in [0.4, 0.5) is 0 Å². The van der Waals surface area contributed by atoms with Gasteiger partial charge in [0, 0.05) is 18.7 Å². The molecule has 0 saturated carbocycles. The summed E-state index contributed by atoms with van der Waals surface area (Å²) in [6.07, 6.45) is 5.02. The van der Waals surface area contributed by atoms with Gasteiger partial charge in [-0.3, -0.25) is 4.98 Å². The first kappa shape index (κ1) is 9.90. The van der Waals surface area contributed by atoms with E-state index in [2.05, 4.69) is 17.1 Å². The van der Waals surface area contributed by atoms with Crippen molar-refractivity contribution in [3.05, 3.63) is 36.2 Å². The van der Waals surface area contributed by atoms with Crippen molar-refractivity contribution in [1.82, 2.24) is 10.1 Å². The zero-order chi connectivity index (χ0) is 10.5. The molecular weight excluding hydrogens is 188 g/mol. The van der Waals surface area contributed by atoms with Gasteiger partial charge in [-0.15, -0.1) is 0 Å². The molecule has 2 rings (SSSR count). The second-order valence-electron chi connectivity index (χ2n) is 3.50. The van der Waals surface area contributed by atoms with Gasteiger partial charge in [-0.25, -0.2) is 0 Å². The lowest BCUT2D eigenvalue weighted by Crippen LogP contribution is -1.80. The molecule has 0 N–H and O–H groups in total. The SMILES string of the molecule is CCCCc1cc(-c2ccccn2)no1. The van der Waals surface area contributed by atoms with E-state index in [1.54, 1.807) is 6.20 Å². The van der Waals surface area contributed by atoms with Crippen molar-refractivity contribution in [2.45, 2.75) is 26.2 Å². The van der Waals surface area contributed by atoms with Gasteiger partial charge in [0.25, 0.3) is 0 Å². The maximum Gasteiger partial charge on any atom is 0.137 e. The van der Waals surface area contributed by atoms with Crippen LogP contribution in [0.1, 0.15) is 25.5 Å². The monoisotopic (exact) mass is 202 g/mol. The molecule has 3 nitrogen and oxygen atoms in total. The van der Waals surface area contributed by atoms with E-state index in [1.807, 2.05) is 24.3 Å². The molecule has 0 unspecified atom stereocenters. The lowest BCUT2D eigenvalue weighted by atomic mass is 10.2. The zero-order valence-corrected chi connectivity index (χ0v) is 8.81. The highest BCUT2D eigenvalue weighted by molar-refractivity contribution is 5.52. The Hall–Kier alpha value is -1.64. The molecule has 15 heavy (non-hydrogen) atoms. The van der Waals surface area contributed by atoms with Gasteiger partial charge in [-0.05, 0) is 18.6 Å². The summed E-state index contributed by atoms with van der Waals surface area (Å²) >= 11 is 0. The number of aromatic nitrogens is 2. The molecule has 2 aromatic rings. The summed E-state index contributed by atoms with van der Waals surface area (Å²) in [6.45, 7) is 2.16. The molecule has 0 amide bonds. The van der Waals surface area contributed by atoms with Crippen LogP contribution in [0.3, 0.4) is 0 Å². The summed E-state index contributed by atoms with van der Waals surface area (Å²) < 4.78 is 5.23. The number of hydrogen-bond acceptors (Lipinski definition) is 3. The van der Waals surface area contributed by atoms with E-state index in [4.69, 9.17) is 4.52 Å². The molecule has 3 heteroatoms. The third-order valence-electron chi connectivity index (χ3n) is 2.26. The predicted octanol–water partition coefficient (Wildman–Crippen LogP) is 3.08. The van der Waals surface area contributed by atoms with E-state index < -0.39 is 0 Å². The van der Waals surface area contributed by atoms with E-state index >= 15 is 0 Å². The Morgan fingerprint density at radius 3 is 2.93 bits per heavy atom. The Labute approximate surface area is 89.1 Å². The minimum absolute atomic E-state index is 0.821. The summed E-state index contributed by atoms with van der Waals surface area (Å²) in [7, 11) is 0. The van der Waals surface area contributed by atoms with Crippen molar-refractivity contribution in [2.24, 2.45) is 0 Å². The molecule has 0 fully saturated rings. The van der Waals surface area contributed by atoms with Crippen LogP contribution in [-0.4, -0.2) is 10.1 Å². The Bertz CT molecular complexity index is 409. The summed E-state index contributed by atoms with van der Waals surface area (Å²) in [4.78, 5) is 4.22. The molecule has 0 aromatic carbocycles. The van der Waals surface area contributed by atoms with E-state index in [1.165, 1.54) is 6.42 Å². The minimum atomic E-state index is 0.821. The van der Waals surface area contributed by atoms with Crippen LogP contribution in [0.5, 0.6) is 0 Å². The van der Waals surface area contributed by atoms with E-state index in [0.29, 0.717) is 0 Å². The highest BCUT2D eigenvalue weighted by atomic mass is 16.5. The summed E-state index contributed by atoms with van der Waals surface area (Å²) in [5, 5.41) is 4.00. The molecule has 2 heterocycles. The lowest BCUT2D eigenvalue weighted by Gasteiger charge is -1.90. The van der Waals surface area contributed by atoms with Crippen LogP contribution < -0.4 is 0 Å². The Kier molecular flexibility index (Phi) is 3.12. The second kappa shape index (κ2) is 4.73. The van der Waals surface area contributed by atoms with Crippen molar-refractivity contribution >= 4 is 0 Å². The van der Waals surface area contributed by atoms with Crippen LogP contribution >= 0.6 is 0 Å². The fraction of sp³-hybridized carbons (Fsp3) is 0.333. The standard InChI is InChI=1S/C12H14N2O/c1-2-3-6-10-9-12(14-15-10)11-7-4-5-8-13-11/h4-5,7-9H,2-3,6H2,1H3. The molecule has 0 bridgehead atoms. The summed E-state index contributed by atoms with van der Waals surface area (Å²) in [5.74, 6) is 0.942. The first-order valence-electron chi connectivity index (χ1n) is 5.27. The summed E-state index contributed by atoms with van der Waals surface area (Å²) in [5.41, 5.74) is 1.69. The quantitative estimate of drug-likeness (QED) is 0.764. The van der Waals surface area contributed by atoms with Crippen molar-refractivity contribution < 1.29 is 4.52 Å². The highest BCUT2D eigenvalue weighted by Crippen LogP contribution is 2.17. The summed E-state index contributed by atoms with van der Waals surface area (Å²) in [6, 6.07) is 7.74. The smallest absolute Gasteiger partial charge is 0.137 e. The molecule has 78 valence electrons. The Morgan fingerprint density at radius 1 is 1.27 bits per heavy atom. The molecule has 0 atom stereocenters. The van der Waals surface area contributed by atoms with Crippen molar-refractivity contribution in [1.29, 1.82) is 0 Å². The van der Waals surface area contributed by atoms with Crippen LogP contribution in [0, 0.1) is 0 Å². The molecule has 0 spiro atoms. The largest absolute Gasteiger partial charge is 0.361 e. The fourth-order valence-corrected chi connectivity index (χ4v) is 1.42. The molecule has 0 saturated heterocycles. The maximum absolute atomic E-state index is 5.23. The number of hydrogen-bond donors (Lipinski definition) is 0. The van der Waals surface area contributed by atoms with E-state index in [-0.39, 0.29) is 0 Å². The maximum atomic E-state index is 5.23. The van der Waals surface area contributed by atoms with Crippen LogP contribution in [0.15, 0.2) is 35.0 Å². The molecular formula is C12H14N2O. The van der Waals surface area contributed by atoms with Gasteiger partial charge in [0.1, 0.15) is 11.5 Å². The molecule has 0 aliphatic rings. The van der Waals surface area contributed by atoms with E-state index in [9.17, 15) is 0 Å². The lowest BCUT2D eigenvalue weighted by molar-refractivity contribution is 0.382. The average molecular weight is 202 g/mol. The average Bonchev–Trinajstić information content (AvgIpc) is 2.76. The van der Waals surface area contributed by atoms with Crippen LogP contribution in [0.2, 0.25) is 0 Å². The third kappa shape index (κ3) is 2.43. The molecule has 0 aliphatic heterocycles. The van der Waals surface area contributed by atoms with Gasteiger partial charge in [-0.1, -0.05) is 24.6 Å².